The fraction of sp³-hybridized carbons (Fsp3) is 0.143. The first-order valence-electron chi connectivity index (χ1n) is 6.01. The summed E-state index contributed by atoms with van der Waals surface area (Å²) in [6.07, 6.45) is 3.63. The van der Waals surface area contributed by atoms with E-state index in [-0.39, 0.29) is 6.04 Å². The number of para-hydroxylation sites is 1. The Labute approximate surface area is 120 Å². The minimum atomic E-state index is 0.104. The monoisotopic (exact) mass is 316 g/mol. The molecule has 0 amide bonds. The first kappa shape index (κ1) is 12.2. The molecule has 1 aliphatic rings. The van der Waals surface area contributed by atoms with Gasteiger partial charge in [-0.15, -0.1) is 0 Å². The van der Waals surface area contributed by atoms with Crippen LogP contribution in [-0.2, 0) is 0 Å². The third-order valence-electron chi connectivity index (χ3n) is 3.17. The predicted molar refractivity (Wildman–Crippen MR) is 80.1 cm³/mol. The summed E-state index contributed by atoms with van der Waals surface area (Å²) in [5, 5.41) is 0. The minimum absolute atomic E-state index is 0.104. The summed E-state index contributed by atoms with van der Waals surface area (Å²) in [5.74, 6) is 0.542. The lowest BCUT2D eigenvalue weighted by atomic mass is 10.1. The summed E-state index contributed by atoms with van der Waals surface area (Å²) < 4.78 is 1.00. The molecular weight excluding hydrogens is 304 g/mol. The van der Waals surface area contributed by atoms with Crippen molar-refractivity contribution in [3.63, 3.8) is 0 Å². The van der Waals surface area contributed by atoms with Gasteiger partial charge in [-0.3, -0.25) is 9.98 Å². The van der Waals surface area contributed by atoms with E-state index in [1.807, 2.05) is 41.4 Å². The molecule has 0 saturated carbocycles. The van der Waals surface area contributed by atoms with Crippen LogP contribution >= 0.6 is 15.9 Å². The van der Waals surface area contributed by atoms with Crippen molar-refractivity contribution < 1.29 is 0 Å². The summed E-state index contributed by atoms with van der Waals surface area (Å²) in [7, 11) is 0. The summed E-state index contributed by atoms with van der Waals surface area (Å²) in [6, 6.07) is 12.1. The van der Waals surface area contributed by atoms with Crippen molar-refractivity contribution in [2.75, 3.05) is 11.4 Å². The summed E-state index contributed by atoms with van der Waals surface area (Å²) in [4.78, 5) is 10.6. The van der Waals surface area contributed by atoms with Gasteiger partial charge < -0.3 is 10.6 Å². The van der Waals surface area contributed by atoms with Crippen LogP contribution in [-0.4, -0.2) is 17.5 Å². The van der Waals surface area contributed by atoms with E-state index in [1.54, 1.807) is 6.20 Å². The highest BCUT2D eigenvalue weighted by atomic mass is 79.9. The molecule has 1 aliphatic heterocycles. The second-order valence-corrected chi connectivity index (χ2v) is 5.18. The van der Waals surface area contributed by atoms with Crippen molar-refractivity contribution >= 4 is 27.6 Å². The lowest BCUT2D eigenvalue weighted by Crippen LogP contribution is -2.36. The maximum absolute atomic E-state index is 6.04. The third kappa shape index (κ3) is 2.21. The largest absolute Gasteiger partial charge is 0.369 e. The van der Waals surface area contributed by atoms with Crippen LogP contribution in [0.25, 0.3) is 0 Å². The average molecular weight is 317 g/mol. The number of guanidine groups is 1. The summed E-state index contributed by atoms with van der Waals surface area (Å²) in [5.41, 5.74) is 8.18. The van der Waals surface area contributed by atoms with Crippen LogP contribution in [0.3, 0.4) is 0 Å². The van der Waals surface area contributed by atoms with E-state index in [4.69, 9.17) is 5.73 Å². The van der Waals surface area contributed by atoms with Crippen molar-refractivity contribution in [1.82, 2.24) is 4.98 Å². The standard InChI is InChI=1S/C14H13BrN4/c15-11-5-1-2-6-12(11)19-13(9-18-14(19)16)10-4-3-7-17-8-10/h1-8,13H,9H2,(H2,16,18). The van der Waals surface area contributed by atoms with Crippen LogP contribution in [0.5, 0.6) is 0 Å². The second-order valence-electron chi connectivity index (χ2n) is 4.32. The zero-order valence-corrected chi connectivity index (χ0v) is 11.8. The molecule has 1 aromatic carbocycles. The molecular formula is C14H13BrN4. The molecule has 5 heteroatoms. The number of hydrogen-bond acceptors (Lipinski definition) is 4. The third-order valence-corrected chi connectivity index (χ3v) is 3.84. The molecule has 3 rings (SSSR count). The minimum Gasteiger partial charge on any atom is -0.369 e. The Kier molecular flexibility index (Phi) is 3.21. The number of hydrogen-bond donors (Lipinski definition) is 1. The summed E-state index contributed by atoms with van der Waals surface area (Å²) in [6.45, 7) is 0.652. The van der Waals surface area contributed by atoms with Crippen LogP contribution in [0, 0.1) is 0 Å². The molecule has 1 atom stereocenters. The average Bonchev–Trinajstić information content (AvgIpc) is 2.82. The van der Waals surface area contributed by atoms with Gasteiger partial charge in [-0.1, -0.05) is 18.2 Å². The van der Waals surface area contributed by atoms with E-state index in [9.17, 15) is 0 Å². The number of pyridine rings is 1. The zero-order valence-electron chi connectivity index (χ0n) is 10.2. The highest BCUT2D eigenvalue weighted by Crippen LogP contribution is 2.35. The van der Waals surface area contributed by atoms with Crippen LogP contribution < -0.4 is 10.6 Å². The molecule has 0 radical (unpaired) electrons. The Bertz CT molecular complexity index is 612. The van der Waals surface area contributed by atoms with Gasteiger partial charge in [0.15, 0.2) is 5.96 Å². The molecule has 2 aromatic rings. The molecule has 0 spiro atoms. The van der Waals surface area contributed by atoms with Gasteiger partial charge in [-0.05, 0) is 39.7 Å². The summed E-state index contributed by atoms with van der Waals surface area (Å²) >= 11 is 3.57. The second kappa shape index (κ2) is 5.01. The highest BCUT2D eigenvalue weighted by molar-refractivity contribution is 9.10. The molecule has 19 heavy (non-hydrogen) atoms. The Balaban J connectivity index is 2.02. The van der Waals surface area contributed by atoms with Gasteiger partial charge in [0.2, 0.25) is 0 Å². The quantitative estimate of drug-likeness (QED) is 0.926. The molecule has 2 heterocycles. The molecule has 4 nitrogen and oxygen atoms in total. The fourth-order valence-electron chi connectivity index (χ4n) is 2.26. The highest BCUT2D eigenvalue weighted by Gasteiger charge is 2.29. The van der Waals surface area contributed by atoms with Crippen molar-refractivity contribution in [1.29, 1.82) is 0 Å². The van der Waals surface area contributed by atoms with Gasteiger partial charge in [0.25, 0.3) is 0 Å². The Morgan fingerprint density at radius 3 is 2.79 bits per heavy atom. The maximum Gasteiger partial charge on any atom is 0.196 e. The normalized spacial score (nSPS) is 18.5. The number of anilines is 1. The lowest BCUT2D eigenvalue weighted by molar-refractivity contribution is 0.763. The molecule has 1 unspecified atom stereocenters. The van der Waals surface area contributed by atoms with Gasteiger partial charge in [0, 0.05) is 16.9 Å². The molecule has 96 valence electrons. The number of aliphatic imine (C=N–C) groups is 1. The predicted octanol–water partition coefficient (Wildman–Crippen LogP) is 2.72. The van der Waals surface area contributed by atoms with Gasteiger partial charge in [-0.25, -0.2) is 0 Å². The van der Waals surface area contributed by atoms with Gasteiger partial charge in [-0.2, -0.15) is 0 Å². The molecule has 0 fully saturated rings. The molecule has 2 N–H and O–H groups in total. The SMILES string of the molecule is NC1=NCC(c2cccnc2)N1c1ccccc1Br. The number of halogens is 1. The van der Waals surface area contributed by atoms with Gasteiger partial charge in [0.1, 0.15) is 0 Å². The number of nitrogens with zero attached hydrogens (tertiary/aromatic N) is 3. The zero-order chi connectivity index (χ0) is 13.2. The van der Waals surface area contributed by atoms with Crippen molar-refractivity contribution in [2.45, 2.75) is 6.04 Å². The lowest BCUT2D eigenvalue weighted by Gasteiger charge is -2.27. The van der Waals surface area contributed by atoms with E-state index >= 15 is 0 Å². The van der Waals surface area contributed by atoms with E-state index in [2.05, 4.69) is 32.0 Å². The van der Waals surface area contributed by atoms with E-state index < -0.39 is 0 Å². The molecule has 0 aliphatic carbocycles. The molecule has 1 aromatic heterocycles. The fourth-order valence-corrected chi connectivity index (χ4v) is 2.74. The van der Waals surface area contributed by atoms with Crippen LogP contribution in [0.4, 0.5) is 5.69 Å². The van der Waals surface area contributed by atoms with Gasteiger partial charge >= 0.3 is 0 Å². The maximum atomic E-state index is 6.04. The van der Waals surface area contributed by atoms with E-state index in [1.165, 1.54) is 0 Å². The Morgan fingerprint density at radius 2 is 2.05 bits per heavy atom. The van der Waals surface area contributed by atoms with Gasteiger partial charge in [0.05, 0.1) is 18.3 Å². The first-order valence-corrected chi connectivity index (χ1v) is 6.80. The van der Waals surface area contributed by atoms with Crippen molar-refractivity contribution in [2.24, 2.45) is 10.7 Å². The number of benzene rings is 1. The number of nitrogens with two attached hydrogens (primary N) is 1. The molecule has 0 bridgehead atoms. The molecule has 0 saturated heterocycles. The topological polar surface area (TPSA) is 54.5 Å². The Hall–Kier alpha value is -1.88. The van der Waals surface area contributed by atoms with Crippen LogP contribution in [0.2, 0.25) is 0 Å². The number of rotatable bonds is 2. The number of aromatic nitrogens is 1. The first-order chi connectivity index (χ1) is 9.27. The van der Waals surface area contributed by atoms with E-state index in [0.717, 1.165) is 15.7 Å². The van der Waals surface area contributed by atoms with Crippen molar-refractivity contribution in [3.05, 3.63) is 58.8 Å². The van der Waals surface area contributed by atoms with Crippen LogP contribution in [0.1, 0.15) is 11.6 Å². The smallest absolute Gasteiger partial charge is 0.196 e. The Morgan fingerprint density at radius 1 is 1.21 bits per heavy atom. The van der Waals surface area contributed by atoms with Crippen LogP contribution in [0.15, 0.2) is 58.3 Å². The van der Waals surface area contributed by atoms with E-state index in [0.29, 0.717) is 12.5 Å². The van der Waals surface area contributed by atoms with Crippen molar-refractivity contribution in [3.8, 4) is 0 Å².